The maximum atomic E-state index is 12.0. The van der Waals surface area contributed by atoms with Crippen LogP contribution < -0.4 is 29.6 Å². The molecule has 7 heteroatoms. The summed E-state index contributed by atoms with van der Waals surface area (Å²) in [4.78, 5) is 12.0. The second-order valence-electron chi connectivity index (χ2n) is 5.64. The second kappa shape index (κ2) is 8.96. The van der Waals surface area contributed by atoms with Gasteiger partial charge >= 0.3 is 0 Å². The topological polar surface area (TPSA) is 78.1 Å². The van der Waals surface area contributed by atoms with Crippen LogP contribution in [0.2, 0.25) is 0 Å². The van der Waals surface area contributed by atoms with Crippen molar-refractivity contribution >= 4 is 11.6 Å². The summed E-state index contributed by atoms with van der Waals surface area (Å²) in [7, 11) is 1.63. The van der Waals surface area contributed by atoms with Gasteiger partial charge in [-0.25, -0.2) is 0 Å². The Morgan fingerprint density at radius 1 is 1.04 bits per heavy atom. The van der Waals surface area contributed by atoms with Gasteiger partial charge in [-0.1, -0.05) is 0 Å². The van der Waals surface area contributed by atoms with Crippen LogP contribution in [0.1, 0.15) is 6.42 Å². The fraction of sp³-hybridized carbons (Fsp3) is 0.316. The van der Waals surface area contributed by atoms with Crippen LogP contribution in [0, 0.1) is 0 Å². The molecule has 0 saturated carbocycles. The van der Waals surface area contributed by atoms with Gasteiger partial charge in [0.1, 0.15) is 18.1 Å². The lowest BCUT2D eigenvalue weighted by Gasteiger charge is -2.09. The number of benzene rings is 2. The molecule has 0 fully saturated rings. The standard InChI is InChI=1S/C19H22N2O5/c1-23-15-3-5-16(6-4-15)24-11-10-20-9-8-19(22)21-14-2-7-17-18(12-14)26-13-25-17/h2-7,12,20H,8-11,13H2,1H3,(H,21,22). The Morgan fingerprint density at radius 3 is 2.62 bits per heavy atom. The number of ether oxygens (including phenoxy) is 4. The smallest absolute Gasteiger partial charge is 0.231 e. The van der Waals surface area contributed by atoms with Crippen molar-refractivity contribution in [2.75, 3.05) is 38.9 Å². The predicted octanol–water partition coefficient (Wildman–Crippen LogP) is 2.42. The number of anilines is 1. The second-order valence-corrected chi connectivity index (χ2v) is 5.64. The van der Waals surface area contributed by atoms with Crippen molar-refractivity contribution in [3.63, 3.8) is 0 Å². The summed E-state index contributed by atoms with van der Waals surface area (Å²) in [5.41, 5.74) is 0.696. The molecule has 0 aromatic heterocycles. The van der Waals surface area contributed by atoms with Crippen molar-refractivity contribution in [2.45, 2.75) is 6.42 Å². The van der Waals surface area contributed by atoms with Gasteiger partial charge in [0.2, 0.25) is 12.7 Å². The molecular weight excluding hydrogens is 336 g/mol. The summed E-state index contributed by atoms with van der Waals surface area (Å²) in [6.45, 7) is 1.97. The van der Waals surface area contributed by atoms with Crippen LogP contribution in [0.5, 0.6) is 23.0 Å². The fourth-order valence-electron chi connectivity index (χ4n) is 2.44. The lowest BCUT2D eigenvalue weighted by Crippen LogP contribution is -2.25. The van der Waals surface area contributed by atoms with Crippen LogP contribution in [-0.4, -0.2) is 39.5 Å². The minimum Gasteiger partial charge on any atom is -0.497 e. The molecular formula is C19H22N2O5. The maximum absolute atomic E-state index is 12.0. The molecule has 2 aromatic rings. The van der Waals surface area contributed by atoms with E-state index in [0.29, 0.717) is 43.3 Å². The first-order valence-electron chi connectivity index (χ1n) is 8.41. The van der Waals surface area contributed by atoms with E-state index in [0.717, 1.165) is 11.5 Å². The van der Waals surface area contributed by atoms with Gasteiger partial charge in [0.15, 0.2) is 11.5 Å². The molecule has 0 saturated heterocycles. The number of amides is 1. The molecule has 0 atom stereocenters. The van der Waals surface area contributed by atoms with Crippen LogP contribution in [0.15, 0.2) is 42.5 Å². The third-order valence-corrected chi connectivity index (χ3v) is 3.79. The number of nitrogens with one attached hydrogen (secondary N) is 2. The third-order valence-electron chi connectivity index (χ3n) is 3.79. The molecule has 3 rings (SSSR count). The summed E-state index contributed by atoms with van der Waals surface area (Å²) in [6.07, 6.45) is 0.372. The molecule has 2 aromatic carbocycles. The van der Waals surface area contributed by atoms with Gasteiger partial charge in [-0.05, 0) is 36.4 Å². The molecule has 2 N–H and O–H groups in total. The average molecular weight is 358 g/mol. The van der Waals surface area contributed by atoms with Crippen LogP contribution >= 0.6 is 0 Å². The number of hydrogen-bond donors (Lipinski definition) is 2. The fourth-order valence-corrected chi connectivity index (χ4v) is 2.44. The Kier molecular flexibility index (Phi) is 6.16. The SMILES string of the molecule is COc1ccc(OCCNCCC(=O)Nc2ccc3c(c2)OCO3)cc1. The quantitative estimate of drug-likeness (QED) is 0.671. The minimum atomic E-state index is -0.0626. The van der Waals surface area contributed by atoms with Crippen molar-refractivity contribution in [3.05, 3.63) is 42.5 Å². The zero-order valence-electron chi connectivity index (χ0n) is 14.6. The Balaban J connectivity index is 1.29. The van der Waals surface area contributed by atoms with Gasteiger partial charge < -0.3 is 29.6 Å². The van der Waals surface area contributed by atoms with Gasteiger partial charge in [-0.3, -0.25) is 4.79 Å². The first-order chi connectivity index (χ1) is 12.7. The molecule has 0 radical (unpaired) electrons. The largest absolute Gasteiger partial charge is 0.497 e. The maximum Gasteiger partial charge on any atom is 0.231 e. The van der Waals surface area contributed by atoms with Gasteiger partial charge in [0, 0.05) is 31.3 Å². The highest BCUT2D eigenvalue weighted by atomic mass is 16.7. The first-order valence-corrected chi connectivity index (χ1v) is 8.41. The van der Waals surface area contributed by atoms with E-state index in [1.54, 1.807) is 25.3 Å². The normalized spacial score (nSPS) is 11.9. The molecule has 0 aliphatic carbocycles. The van der Waals surface area contributed by atoms with Crippen molar-refractivity contribution in [2.24, 2.45) is 0 Å². The summed E-state index contributed by atoms with van der Waals surface area (Å²) in [6, 6.07) is 12.8. The highest BCUT2D eigenvalue weighted by Gasteiger charge is 2.13. The summed E-state index contributed by atoms with van der Waals surface area (Å²) >= 11 is 0. The molecule has 1 aliphatic rings. The summed E-state index contributed by atoms with van der Waals surface area (Å²) < 4.78 is 21.2. The first kappa shape index (κ1) is 17.9. The molecule has 0 spiro atoms. The lowest BCUT2D eigenvalue weighted by atomic mass is 10.2. The number of hydrogen-bond acceptors (Lipinski definition) is 6. The Bertz CT molecular complexity index is 733. The number of carbonyl (C=O) groups is 1. The van der Waals surface area contributed by atoms with E-state index < -0.39 is 0 Å². The number of carbonyl (C=O) groups excluding carboxylic acids is 1. The lowest BCUT2D eigenvalue weighted by molar-refractivity contribution is -0.116. The zero-order chi connectivity index (χ0) is 18.2. The predicted molar refractivity (Wildman–Crippen MR) is 97.2 cm³/mol. The molecule has 0 bridgehead atoms. The Hall–Kier alpha value is -2.93. The van der Waals surface area contributed by atoms with E-state index >= 15 is 0 Å². The summed E-state index contributed by atoms with van der Waals surface area (Å²) in [5.74, 6) is 2.86. The van der Waals surface area contributed by atoms with Crippen LogP contribution in [0.4, 0.5) is 5.69 Å². The van der Waals surface area contributed by atoms with Gasteiger partial charge in [-0.2, -0.15) is 0 Å². The summed E-state index contributed by atoms with van der Waals surface area (Å²) in [5, 5.41) is 6.02. The van der Waals surface area contributed by atoms with Gasteiger partial charge in [-0.15, -0.1) is 0 Å². The van der Waals surface area contributed by atoms with Crippen molar-refractivity contribution in [1.29, 1.82) is 0 Å². The molecule has 138 valence electrons. The van der Waals surface area contributed by atoms with Crippen LogP contribution in [-0.2, 0) is 4.79 Å². The zero-order valence-corrected chi connectivity index (χ0v) is 14.6. The van der Waals surface area contributed by atoms with Crippen molar-refractivity contribution < 1.29 is 23.7 Å². The van der Waals surface area contributed by atoms with Crippen molar-refractivity contribution in [1.82, 2.24) is 5.32 Å². The molecule has 7 nitrogen and oxygen atoms in total. The highest BCUT2D eigenvalue weighted by molar-refractivity contribution is 5.91. The molecule has 1 aliphatic heterocycles. The monoisotopic (exact) mass is 358 g/mol. The van der Waals surface area contributed by atoms with E-state index in [1.807, 2.05) is 24.3 Å². The van der Waals surface area contributed by atoms with Crippen LogP contribution in [0.3, 0.4) is 0 Å². The molecule has 0 unspecified atom stereocenters. The molecule has 1 amide bonds. The highest BCUT2D eigenvalue weighted by Crippen LogP contribution is 2.34. The molecule has 26 heavy (non-hydrogen) atoms. The average Bonchev–Trinajstić information content (AvgIpc) is 3.13. The van der Waals surface area contributed by atoms with Gasteiger partial charge in [0.25, 0.3) is 0 Å². The minimum absolute atomic E-state index is 0.0626. The van der Waals surface area contributed by atoms with E-state index in [-0.39, 0.29) is 12.7 Å². The van der Waals surface area contributed by atoms with E-state index in [2.05, 4.69) is 10.6 Å². The number of methoxy groups -OCH3 is 1. The Morgan fingerprint density at radius 2 is 1.81 bits per heavy atom. The Labute approximate surface area is 152 Å². The number of rotatable bonds is 9. The van der Waals surface area contributed by atoms with Crippen molar-refractivity contribution in [3.8, 4) is 23.0 Å². The van der Waals surface area contributed by atoms with Crippen LogP contribution in [0.25, 0.3) is 0 Å². The van der Waals surface area contributed by atoms with Gasteiger partial charge in [0.05, 0.1) is 7.11 Å². The molecule has 1 heterocycles. The van der Waals surface area contributed by atoms with E-state index in [4.69, 9.17) is 18.9 Å². The third kappa shape index (κ3) is 5.03. The van der Waals surface area contributed by atoms with E-state index in [1.165, 1.54) is 0 Å². The number of fused-ring (bicyclic) bond motifs is 1. The van der Waals surface area contributed by atoms with E-state index in [9.17, 15) is 4.79 Å².